The fourth-order valence-electron chi connectivity index (χ4n) is 1.64. The summed E-state index contributed by atoms with van der Waals surface area (Å²) < 4.78 is 7.60. The van der Waals surface area contributed by atoms with Crippen molar-refractivity contribution in [1.82, 2.24) is 9.55 Å². The first kappa shape index (κ1) is 12.2. The minimum Gasteiger partial charge on any atom is -0.486 e. The highest BCUT2D eigenvalue weighted by molar-refractivity contribution is 5.26. The lowest BCUT2D eigenvalue weighted by Crippen LogP contribution is -2.06. The van der Waals surface area contributed by atoms with Crippen LogP contribution in [0.2, 0.25) is 0 Å². The lowest BCUT2D eigenvalue weighted by molar-refractivity contribution is 0.289. The van der Waals surface area contributed by atoms with E-state index in [9.17, 15) is 0 Å². The molecule has 0 unspecified atom stereocenters. The van der Waals surface area contributed by atoms with E-state index in [1.807, 2.05) is 42.0 Å². The van der Waals surface area contributed by atoms with Crippen LogP contribution in [0.3, 0.4) is 0 Å². The van der Waals surface area contributed by atoms with Crippen molar-refractivity contribution in [1.29, 1.82) is 5.26 Å². The van der Waals surface area contributed by atoms with E-state index >= 15 is 0 Å². The monoisotopic (exact) mass is 241 g/mol. The summed E-state index contributed by atoms with van der Waals surface area (Å²) in [6.07, 6.45) is 4.07. The van der Waals surface area contributed by atoms with E-state index in [1.165, 1.54) is 5.56 Å². The standard InChI is InChI=1S/C14H15N3O/c1-12-3-5-13(6-4-12)18-11-14-16-8-10-17(14)9-2-7-15/h3-6,8,10H,2,9,11H2,1H3. The van der Waals surface area contributed by atoms with E-state index in [2.05, 4.69) is 11.1 Å². The molecule has 0 aliphatic rings. The smallest absolute Gasteiger partial charge is 0.146 e. The van der Waals surface area contributed by atoms with Gasteiger partial charge in [0.1, 0.15) is 18.2 Å². The molecule has 0 bridgehead atoms. The van der Waals surface area contributed by atoms with Crippen LogP contribution in [-0.4, -0.2) is 9.55 Å². The van der Waals surface area contributed by atoms with Gasteiger partial charge in [-0.1, -0.05) is 17.7 Å². The summed E-state index contributed by atoms with van der Waals surface area (Å²) in [5, 5.41) is 8.57. The zero-order valence-electron chi connectivity index (χ0n) is 10.3. The maximum Gasteiger partial charge on any atom is 0.146 e. The molecule has 0 fully saturated rings. The van der Waals surface area contributed by atoms with E-state index < -0.39 is 0 Å². The molecule has 0 atom stereocenters. The van der Waals surface area contributed by atoms with Crippen LogP contribution in [0.5, 0.6) is 5.75 Å². The lowest BCUT2D eigenvalue weighted by Gasteiger charge is -2.08. The van der Waals surface area contributed by atoms with Crippen LogP contribution in [-0.2, 0) is 13.2 Å². The van der Waals surface area contributed by atoms with Crippen molar-refractivity contribution < 1.29 is 4.74 Å². The molecule has 1 aromatic heterocycles. The number of hydrogen-bond acceptors (Lipinski definition) is 3. The fourth-order valence-corrected chi connectivity index (χ4v) is 1.64. The number of aromatic nitrogens is 2. The summed E-state index contributed by atoms with van der Waals surface area (Å²) >= 11 is 0. The second-order valence-electron chi connectivity index (χ2n) is 4.05. The van der Waals surface area contributed by atoms with Crippen molar-refractivity contribution in [2.75, 3.05) is 0 Å². The van der Waals surface area contributed by atoms with Gasteiger partial charge in [0.15, 0.2) is 0 Å². The van der Waals surface area contributed by atoms with Crippen LogP contribution in [0.25, 0.3) is 0 Å². The Kier molecular flexibility index (Phi) is 3.98. The van der Waals surface area contributed by atoms with E-state index in [0.29, 0.717) is 19.6 Å². The first-order valence-corrected chi connectivity index (χ1v) is 5.86. The Bertz CT molecular complexity index is 537. The molecular weight excluding hydrogens is 226 g/mol. The van der Waals surface area contributed by atoms with Gasteiger partial charge < -0.3 is 9.30 Å². The molecule has 92 valence electrons. The molecule has 0 aliphatic carbocycles. The normalized spacial score (nSPS) is 10.0. The first-order valence-electron chi connectivity index (χ1n) is 5.86. The van der Waals surface area contributed by atoms with Gasteiger partial charge in [0, 0.05) is 18.9 Å². The average molecular weight is 241 g/mol. The predicted octanol–water partition coefficient (Wildman–Crippen LogP) is 2.68. The van der Waals surface area contributed by atoms with Gasteiger partial charge in [-0.15, -0.1) is 0 Å². The number of hydrogen-bond donors (Lipinski definition) is 0. The van der Waals surface area contributed by atoms with Crippen LogP contribution in [0, 0.1) is 18.3 Å². The number of nitriles is 1. The third-order valence-electron chi connectivity index (χ3n) is 2.66. The molecule has 0 saturated carbocycles. The molecular formula is C14H15N3O. The van der Waals surface area contributed by atoms with Crippen molar-refractivity contribution in [3.8, 4) is 11.8 Å². The summed E-state index contributed by atoms with van der Waals surface area (Å²) in [4.78, 5) is 4.23. The third-order valence-corrected chi connectivity index (χ3v) is 2.66. The number of ether oxygens (including phenoxy) is 1. The maximum absolute atomic E-state index is 8.57. The molecule has 0 spiro atoms. The molecule has 0 amide bonds. The second kappa shape index (κ2) is 5.87. The molecule has 4 heteroatoms. The van der Waals surface area contributed by atoms with Crippen molar-refractivity contribution in [2.24, 2.45) is 0 Å². The SMILES string of the molecule is Cc1ccc(OCc2nccn2CCC#N)cc1. The van der Waals surface area contributed by atoms with Gasteiger partial charge in [-0.3, -0.25) is 0 Å². The highest BCUT2D eigenvalue weighted by Crippen LogP contribution is 2.13. The largest absolute Gasteiger partial charge is 0.486 e. The van der Waals surface area contributed by atoms with E-state index in [-0.39, 0.29) is 0 Å². The van der Waals surface area contributed by atoms with Gasteiger partial charge >= 0.3 is 0 Å². The summed E-state index contributed by atoms with van der Waals surface area (Å²) in [6.45, 7) is 3.11. The van der Waals surface area contributed by atoms with Gasteiger partial charge in [-0.05, 0) is 19.1 Å². The van der Waals surface area contributed by atoms with Crippen LogP contribution >= 0.6 is 0 Å². The molecule has 0 saturated heterocycles. The number of rotatable bonds is 5. The van der Waals surface area contributed by atoms with E-state index in [0.717, 1.165) is 11.6 Å². The summed E-state index contributed by atoms with van der Waals surface area (Å²) in [7, 11) is 0. The fraction of sp³-hybridized carbons (Fsp3) is 0.286. The number of aryl methyl sites for hydroxylation is 2. The molecule has 18 heavy (non-hydrogen) atoms. The quantitative estimate of drug-likeness (QED) is 0.808. The van der Waals surface area contributed by atoms with E-state index in [1.54, 1.807) is 6.20 Å². The zero-order chi connectivity index (χ0) is 12.8. The maximum atomic E-state index is 8.57. The average Bonchev–Trinajstić information content (AvgIpc) is 2.83. The summed E-state index contributed by atoms with van der Waals surface area (Å²) in [6, 6.07) is 10.0. The van der Waals surface area contributed by atoms with Crippen LogP contribution in [0.15, 0.2) is 36.7 Å². The van der Waals surface area contributed by atoms with Crippen molar-refractivity contribution in [3.05, 3.63) is 48.0 Å². The number of benzene rings is 1. The van der Waals surface area contributed by atoms with Crippen LogP contribution < -0.4 is 4.74 Å². The van der Waals surface area contributed by atoms with Gasteiger partial charge in [0.05, 0.1) is 12.5 Å². The summed E-state index contributed by atoms with van der Waals surface area (Å²) in [5.74, 6) is 1.67. The van der Waals surface area contributed by atoms with Crippen molar-refractivity contribution in [2.45, 2.75) is 26.5 Å². The molecule has 1 heterocycles. The van der Waals surface area contributed by atoms with Crippen molar-refractivity contribution >= 4 is 0 Å². The number of imidazole rings is 1. The number of nitrogens with zero attached hydrogens (tertiary/aromatic N) is 3. The Morgan fingerprint density at radius 3 is 2.83 bits per heavy atom. The molecule has 1 aromatic carbocycles. The topological polar surface area (TPSA) is 50.8 Å². The minimum atomic E-state index is 0.418. The Morgan fingerprint density at radius 1 is 1.33 bits per heavy atom. The first-order chi connectivity index (χ1) is 8.79. The third kappa shape index (κ3) is 3.11. The minimum absolute atomic E-state index is 0.418. The molecule has 2 rings (SSSR count). The Hall–Kier alpha value is -2.28. The summed E-state index contributed by atoms with van der Waals surface area (Å²) in [5.41, 5.74) is 1.21. The van der Waals surface area contributed by atoms with Crippen molar-refractivity contribution in [3.63, 3.8) is 0 Å². The lowest BCUT2D eigenvalue weighted by atomic mass is 10.2. The predicted molar refractivity (Wildman–Crippen MR) is 68.0 cm³/mol. The Labute approximate surface area is 106 Å². The molecule has 2 aromatic rings. The van der Waals surface area contributed by atoms with Gasteiger partial charge in [0.25, 0.3) is 0 Å². The molecule has 0 N–H and O–H groups in total. The van der Waals surface area contributed by atoms with E-state index in [4.69, 9.17) is 10.00 Å². The zero-order valence-corrected chi connectivity index (χ0v) is 10.3. The van der Waals surface area contributed by atoms with Gasteiger partial charge in [-0.25, -0.2) is 4.98 Å². The van der Waals surface area contributed by atoms with Gasteiger partial charge in [0.2, 0.25) is 0 Å². The highest BCUT2D eigenvalue weighted by atomic mass is 16.5. The molecule has 0 aliphatic heterocycles. The molecule has 4 nitrogen and oxygen atoms in total. The Morgan fingerprint density at radius 2 is 2.11 bits per heavy atom. The second-order valence-corrected chi connectivity index (χ2v) is 4.05. The van der Waals surface area contributed by atoms with Crippen LogP contribution in [0.1, 0.15) is 17.8 Å². The Balaban J connectivity index is 1.96. The van der Waals surface area contributed by atoms with Crippen LogP contribution in [0.4, 0.5) is 0 Å². The molecule has 0 radical (unpaired) electrons. The van der Waals surface area contributed by atoms with Gasteiger partial charge in [-0.2, -0.15) is 5.26 Å². The highest BCUT2D eigenvalue weighted by Gasteiger charge is 2.03.